The van der Waals surface area contributed by atoms with Gasteiger partial charge in [0.25, 0.3) is 0 Å². The summed E-state index contributed by atoms with van der Waals surface area (Å²) in [6, 6.07) is 11.6. The molecule has 3 saturated heterocycles. The van der Waals surface area contributed by atoms with Crippen LogP contribution < -0.4 is 9.64 Å². The summed E-state index contributed by atoms with van der Waals surface area (Å²) in [7, 11) is 2.05. The molecule has 0 N–H and O–H groups in total. The number of likely N-dealkylation sites (tertiary alicyclic amines) is 1. The Balaban J connectivity index is 1.07. The minimum atomic E-state index is -0.638. The highest BCUT2D eigenvalue weighted by atomic mass is 16.7. The predicted octanol–water partition coefficient (Wildman–Crippen LogP) is 4.54. The molecule has 57 heavy (non-hydrogen) atoms. The number of ether oxygens (including phenoxy) is 7. The van der Waals surface area contributed by atoms with Gasteiger partial charge < -0.3 is 47.9 Å². The average molecular weight is 794 g/mol. The molecule has 1 aromatic heterocycles. The molecule has 0 spiro atoms. The molecule has 0 saturated carbocycles. The van der Waals surface area contributed by atoms with Crippen molar-refractivity contribution < 1.29 is 42.7 Å². The molecule has 1 unspecified atom stereocenters. The second-order valence-electron chi connectivity index (χ2n) is 16.0. The Hall–Kier alpha value is -4.27. The summed E-state index contributed by atoms with van der Waals surface area (Å²) in [5.41, 5.74) is 1.86. The van der Waals surface area contributed by atoms with E-state index in [1.165, 1.54) is 0 Å². The lowest BCUT2D eigenvalue weighted by Crippen LogP contribution is -2.56. The Kier molecular flexibility index (Phi) is 15.2. The van der Waals surface area contributed by atoms with Crippen molar-refractivity contribution in [1.82, 2.24) is 24.7 Å². The highest BCUT2D eigenvalue weighted by molar-refractivity contribution is 5.70. The highest BCUT2D eigenvalue weighted by Crippen LogP contribution is 2.32. The molecular weight excluding hydrogens is 734 g/mol. The number of nitriles is 1. The number of nitrogens with zero attached hydrogens (tertiary/aromatic N) is 7. The van der Waals surface area contributed by atoms with Gasteiger partial charge in [0, 0.05) is 50.9 Å². The summed E-state index contributed by atoms with van der Waals surface area (Å²) >= 11 is 0. The molecule has 4 atom stereocenters. The van der Waals surface area contributed by atoms with E-state index in [0.29, 0.717) is 77.1 Å². The summed E-state index contributed by atoms with van der Waals surface area (Å²) in [6.45, 7) is 11.4. The Labute approximate surface area is 336 Å². The van der Waals surface area contributed by atoms with Gasteiger partial charge in [0.2, 0.25) is 0 Å². The van der Waals surface area contributed by atoms with Crippen LogP contribution >= 0.6 is 0 Å². The van der Waals surface area contributed by atoms with Gasteiger partial charge in [0.05, 0.1) is 63.3 Å². The topological polar surface area (TPSA) is 161 Å². The fraction of sp³-hybridized carbons (Fsp3) is 0.683. The maximum absolute atomic E-state index is 13.3. The second-order valence-corrected chi connectivity index (χ2v) is 16.0. The molecule has 312 valence electrons. The normalized spacial score (nSPS) is 22.8. The molecule has 0 bridgehead atoms. The smallest absolute Gasteiger partial charge is 0.410 e. The van der Waals surface area contributed by atoms with E-state index in [0.717, 1.165) is 50.0 Å². The molecule has 4 aliphatic rings. The first kappa shape index (κ1) is 42.3. The van der Waals surface area contributed by atoms with Crippen LogP contribution in [0, 0.1) is 11.3 Å². The van der Waals surface area contributed by atoms with E-state index in [4.69, 9.17) is 43.1 Å². The average Bonchev–Trinajstić information content (AvgIpc) is 3.56. The number of rotatable bonds is 15. The Morgan fingerprint density at radius 3 is 2.53 bits per heavy atom. The Bertz CT molecular complexity index is 1650. The maximum Gasteiger partial charge on any atom is 0.410 e. The summed E-state index contributed by atoms with van der Waals surface area (Å²) in [5.74, 6) is 0.691. The van der Waals surface area contributed by atoms with Crippen LogP contribution in [-0.4, -0.2) is 146 Å². The fourth-order valence-electron chi connectivity index (χ4n) is 7.54. The lowest BCUT2D eigenvalue weighted by atomic mass is 10.0. The standard InChI is InChI=1S/C41H59N7O9/c1-41(2,3)57-39(49)47-16-14-34-35(27-47)43-38(55-29-32-24-33(26-45(32)4)52-22-20-51-21-23-54-36-12-8-9-19-53-36)44-37(34)46-17-18-48(31(25-46)13-15-42)40(50)56-28-30-10-6-5-7-11-30/h5-7,10-11,31-33,36H,8-9,12-14,16-29H2,1-4H3/t31-,32-,33+,36?/m0/s1. The number of benzene rings is 1. The number of carbonyl (C=O) groups excluding carboxylic acids is 2. The van der Waals surface area contributed by atoms with Crippen LogP contribution in [0.15, 0.2) is 30.3 Å². The molecule has 0 aliphatic carbocycles. The number of likely N-dealkylation sites (N-methyl/N-ethyl adjacent to an activating group) is 1. The molecule has 3 fully saturated rings. The van der Waals surface area contributed by atoms with Crippen LogP contribution in [0.1, 0.15) is 69.7 Å². The highest BCUT2D eigenvalue weighted by Gasteiger charge is 2.36. The van der Waals surface area contributed by atoms with Gasteiger partial charge in [-0.1, -0.05) is 30.3 Å². The van der Waals surface area contributed by atoms with Crippen molar-refractivity contribution in [2.24, 2.45) is 0 Å². The van der Waals surface area contributed by atoms with Gasteiger partial charge >= 0.3 is 18.2 Å². The zero-order chi connectivity index (χ0) is 40.2. The molecule has 5 heterocycles. The number of fused-ring (bicyclic) bond motifs is 1. The van der Waals surface area contributed by atoms with E-state index < -0.39 is 23.8 Å². The molecule has 0 radical (unpaired) electrons. The monoisotopic (exact) mass is 793 g/mol. The van der Waals surface area contributed by atoms with Crippen molar-refractivity contribution in [3.63, 3.8) is 0 Å². The van der Waals surface area contributed by atoms with Crippen molar-refractivity contribution in [3.05, 3.63) is 47.2 Å². The lowest BCUT2D eigenvalue weighted by Gasteiger charge is -2.41. The van der Waals surface area contributed by atoms with E-state index in [1.807, 2.05) is 51.1 Å². The van der Waals surface area contributed by atoms with E-state index in [2.05, 4.69) is 22.9 Å². The Morgan fingerprint density at radius 1 is 0.965 bits per heavy atom. The maximum atomic E-state index is 13.3. The largest absolute Gasteiger partial charge is 0.462 e. The molecule has 16 nitrogen and oxygen atoms in total. The third kappa shape index (κ3) is 12.4. The van der Waals surface area contributed by atoms with Crippen molar-refractivity contribution in [3.8, 4) is 12.1 Å². The lowest BCUT2D eigenvalue weighted by molar-refractivity contribution is -0.169. The van der Waals surface area contributed by atoms with E-state index >= 15 is 0 Å². The van der Waals surface area contributed by atoms with E-state index in [9.17, 15) is 14.9 Å². The first-order chi connectivity index (χ1) is 27.6. The molecule has 1 aromatic carbocycles. The summed E-state index contributed by atoms with van der Waals surface area (Å²) in [6.07, 6.45) is 3.66. The molecular formula is C41H59N7O9. The van der Waals surface area contributed by atoms with Gasteiger partial charge in [-0.05, 0) is 65.5 Å². The number of anilines is 1. The van der Waals surface area contributed by atoms with Crippen LogP contribution in [0.4, 0.5) is 15.4 Å². The van der Waals surface area contributed by atoms with Gasteiger partial charge in [0.15, 0.2) is 6.29 Å². The van der Waals surface area contributed by atoms with Crippen molar-refractivity contribution in [2.75, 3.05) is 84.3 Å². The zero-order valence-electron chi connectivity index (χ0n) is 33.9. The summed E-state index contributed by atoms with van der Waals surface area (Å²) < 4.78 is 40.9. The number of hydrogen-bond donors (Lipinski definition) is 0. The molecule has 16 heteroatoms. The number of carbonyl (C=O) groups is 2. The fourth-order valence-corrected chi connectivity index (χ4v) is 7.54. The third-order valence-corrected chi connectivity index (χ3v) is 10.5. The molecule has 2 aromatic rings. The van der Waals surface area contributed by atoms with Gasteiger partial charge in [-0.15, -0.1) is 0 Å². The number of aromatic nitrogens is 2. The van der Waals surface area contributed by atoms with Crippen LogP contribution in [0.2, 0.25) is 0 Å². The number of hydrogen-bond acceptors (Lipinski definition) is 14. The first-order valence-electron chi connectivity index (χ1n) is 20.3. The Morgan fingerprint density at radius 2 is 1.77 bits per heavy atom. The van der Waals surface area contributed by atoms with Crippen LogP contribution in [0.3, 0.4) is 0 Å². The summed E-state index contributed by atoms with van der Waals surface area (Å²) in [4.78, 5) is 43.8. The molecule has 2 amide bonds. The quantitative estimate of drug-likeness (QED) is 0.231. The minimum absolute atomic E-state index is 0.0363. The van der Waals surface area contributed by atoms with Crippen LogP contribution in [0.5, 0.6) is 6.01 Å². The van der Waals surface area contributed by atoms with Gasteiger partial charge in [-0.25, -0.2) is 9.59 Å². The number of piperazine rings is 1. The van der Waals surface area contributed by atoms with Crippen LogP contribution in [-0.2, 0) is 48.0 Å². The van der Waals surface area contributed by atoms with E-state index in [-0.39, 0.29) is 44.0 Å². The van der Waals surface area contributed by atoms with E-state index in [1.54, 1.807) is 9.80 Å². The molecule has 6 rings (SSSR count). The minimum Gasteiger partial charge on any atom is -0.462 e. The van der Waals surface area contributed by atoms with Gasteiger partial charge in [-0.2, -0.15) is 15.2 Å². The SMILES string of the molecule is CN1C[C@H](OCCOCCOC2CCCCO2)C[C@H]1COc1nc2c(c(N3CCN(C(=O)OCc4ccccc4)[C@@H](CC#N)C3)n1)CCN(C(=O)OC(C)(C)C)C2. The predicted molar refractivity (Wildman–Crippen MR) is 209 cm³/mol. The third-order valence-electron chi connectivity index (χ3n) is 10.5. The van der Waals surface area contributed by atoms with Gasteiger partial charge in [0.1, 0.15) is 24.6 Å². The van der Waals surface area contributed by atoms with Crippen molar-refractivity contribution in [2.45, 2.75) is 103 Å². The van der Waals surface area contributed by atoms with Crippen LogP contribution in [0.25, 0.3) is 0 Å². The summed E-state index contributed by atoms with van der Waals surface area (Å²) in [5, 5.41) is 9.76. The molecule has 4 aliphatic heterocycles. The van der Waals surface area contributed by atoms with Crippen molar-refractivity contribution >= 4 is 18.0 Å². The van der Waals surface area contributed by atoms with Gasteiger partial charge in [-0.3, -0.25) is 4.90 Å². The first-order valence-corrected chi connectivity index (χ1v) is 20.3. The second kappa shape index (κ2) is 20.4. The van der Waals surface area contributed by atoms with Crippen molar-refractivity contribution in [1.29, 1.82) is 5.26 Å². The zero-order valence-corrected chi connectivity index (χ0v) is 33.9. The number of amides is 2.